The van der Waals surface area contributed by atoms with Gasteiger partial charge in [0.1, 0.15) is 5.56 Å². The first-order valence-corrected chi connectivity index (χ1v) is 4.74. The SMILES string of the molecule is CCOC(=O)c1cn(C2CC2)nc1N. The third-order valence-electron chi connectivity index (χ3n) is 2.18. The molecule has 0 radical (unpaired) electrons. The summed E-state index contributed by atoms with van der Waals surface area (Å²) in [6.45, 7) is 2.12. The van der Waals surface area contributed by atoms with Gasteiger partial charge in [-0.2, -0.15) is 5.10 Å². The minimum atomic E-state index is -0.392. The van der Waals surface area contributed by atoms with Crippen LogP contribution in [0.15, 0.2) is 6.20 Å². The number of ether oxygens (including phenoxy) is 1. The molecule has 1 fully saturated rings. The second-order valence-corrected chi connectivity index (χ2v) is 3.36. The lowest BCUT2D eigenvalue weighted by atomic mass is 10.3. The van der Waals surface area contributed by atoms with E-state index in [1.165, 1.54) is 0 Å². The lowest BCUT2D eigenvalue weighted by Gasteiger charge is -1.97. The van der Waals surface area contributed by atoms with Gasteiger partial charge in [0.2, 0.25) is 0 Å². The molecule has 0 aromatic carbocycles. The number of hydrogen-bond acceptors (Lipinski definition) is 4. The normalized spacial score (nSPS) is 15.5. The van der Waals surface area contributed by atoms with E-state index in [9.17, 15) is 4.79 Å². The monoisotopic (exact) mass is 195 g/mol. The zero-order valence-corrected chi connectivity index (χ0v) is 8.06. The smallest absolute Gasteiger partial charge is 0.343 e. The molecule has 0 saturated heterocycles. The molecule has 0 aliphatic heterocycles. The summed E-state index contributed by atoms with van der Waals surface area (Å²) in [6, 6.07) is 0.431. The fourth-order valence-electron chi connectivity index (χ4n) is 1.30. The number of carbonyl (C=O) groups is 1. The summed E-state index contributed by atoms with van der Waals surface area (Å²) in [5.74, 6) is -0.132. The van der Waals surface area contributed by atoms with Crippen molar-refractivity contribution in [3.05, 3.63) is 11.8 Å². The fraction of sp³-hybridized carbons (Fsp3) is 0.556. The number of esters is 1. The number of aromatic nitrogens is 2. The highest BCUT2D eigenvalue weighted by molar-refractivity contribution is 5.93. The van der Waals surface area contributed by atoms with Gasteiger partial charge in [-0.25, -0.2) is 4.79 Å². The third kappa shape index (κ3) is 1.57. The molecule has 5 nitrogen and oxygen atoms in total. The van der Waals surface area contributed by atoms with Crippen molar-refractivity contribution in [1.82, 2.24) is 9.78 Å². The van der Waals surface area contributed by atoms with Crippen LogP contribution in [0.25, 0.3) is 0 Å². The summed E-state index contributed by atoms with van der Waals surface area (Å²) in [5.41, 5.74) is 5.98. The van der Waals surface area contributed by atoms with Crippen molar-refractivity contribution in [3.63, 3.8) is 0 Å². The van der Waals surface area contributed by atoms with Gasteiger partial charge in [-0.3, -0.25) is 4.68 Å². The highest BCUT2D eigenvalue weighted by Gasteiger charge is 2.27. The van der Waals surface area contributed by atoms with Gasteiger partial charge in [0.15, 0.2) is 5.82 Å². The van der Waals surface area contributed by atoms with Crippen molar-refractivity contribution in [3.8, 4) is 0 Å². The van der Waals surface area contributed by atoms with Crippen molar-refractivity contribution in [2.24, 2.45) is 0 Å². The number of rotatable bonds is 3. The number of hydrogen-bond donors (Lipinski definition) is 1. The molecule has 0 amide bonds. The van der Waals surface area contributed by atoms with Gasteiger partial charge < -0.3 is 10.5 Å². The molecule has 1 saturated carbocycles. The largest absolute Gasteiger partial charge is 0.462 e. The first kappa shape index (κ1) is 9.05. The van der Waals surface area contributed by atoms with E-state index in [0.29, 0.717) is 18.2 Å². The van der Waals surface area contributed by atoms with Crippen LogP contribution in [-0.4, -0.2) is 22.4 Å². The van der Waals surface area contributed by atoms with Crippen LogP contribution in [0.5, 0.6) is 0 Å². The van der Waals surface area contributed by atoms with Gasteiger partial charge in [0.25, 0.3) is 0 Å². The molecule has 14 heavy (non-hydrogen) atoms. The Kier molecular flexibility index (Phi) is 2.15. The van der Waals surface area contributed by atoms with Crippen LogP contribution in [-0.2, 0) is 4.74 Å². The van der Waals surface area contributed by atoms with E-state index in [-0.39, 0.29) is 5.82 Å². The van der Waals surface area contributed by atoms with Crippen molar-refractivity contribution < 1.29 is 9.53 Å². The van der Waals surface area contributed by atoms with Gasteiger partial charge in [0, 0.05) is 6.20 Å². The molecule has 0 bridgehead atoms. The van der Waals surface area contributed by atoms with Gasteiger partial charge in [-0.05, 0) is 19.8 Å². The first-order chi connectivity index (χ1) is 6.72. The molecule has 2 rings (SSSR count). The first-order valence-electron chi connectivity index (χ1n) is 4.74. The summed E-state index contributed by atoms with van der Waals surface area (Å²) >= 11 is 0. The maximum absolute atomic E-state index is 11.4. The Morgan fingerprint density at radius 3 is 3.07 bits per heavy atom. The van der Waals surface area contributed by atoms with E-state index >= 15 is 0 Å². The zero-order valence-electron chi connectivity index (χ0n) is 8.06. The van der Waals surface area contributed by atoms with Crippen molar-refractivity contribution in [2.75, 3.05) is 12.3 Å². The Hall–Kier alpha value is -1.52. The van der Waals surface area contributed by atoms with Crippen LogP contribution in [0.1, 0.15) is 36.2 Å². The quantitative estimate of drug-likeness (QED) is 0.730. The number of anilines is 1. The van der Waals surface area contributed by atoms with Gasteiger partial charge in [-0.15, -0.1) is 0 Å². The lowest BCUT2D eigenvalue weighted by Crippen LogP contribution is -2.05. The van der Waals surface area contributed by atoms with E-state index < -0.39 is 5.97 Å². The summed E-state index contributed by atoms with van der Waals surface area (Å²) in [5, 5.41) is 4.07. The molecule has 1 aromatic rings. The van der Waals surface area contributed by atoms with Crippen LogP contribution in [0, 0.1) is 0 Å². The Morgan fingerprint density at radius 2 is 2.50 bits per heavy atom. The number of carbonyl (C=O) groups excluding carboxylic acids is 1. The second kappa shape index (κ2) is 3.32. The topological polar surface area (TPSA) is 70.1 Å². The van der Waals surface area contributed by atoms with E-state index in [2.05, 4.69) is 5.10 Å². The summed E-state index contributed by atoms with van der Waals surface area (Å²) < 4.78 is 6.60. The van der Waals surface area contributed by atoms with E-state index in [4.69, 9.17) is 10.5 Å². The van der Waals surface area contributed by atoms with E-state index in [1.54, 1.807) is 17.8 Å². The van der Waals surface area contributed by atoms with Crippen LogP contribution in [0.2, 0.25) is 0 Å². The molecular weight excluding hydrogens is 182 g/mol. The molecule has 0 unspecified atom stereocenters. The predicted octanol–water partition coefficient (Wildman–Crippen LogP) is 0.977. The maximum atomic E-state index is 11.4. The Labute approximate surface area is 81.8 Å². The third-order valence-corrected chi connectivity index (χ3v) is 2.18. The predicted molar refractivity (Wildman–Crippen MR) is 50.9 cm³/mol. The standard InChI is InChI=1S/C9H13N3O2/c1-2-14-9(13)7-5-12(6-3-4-6)11-8(7)10/h5-6H,2-4H2,1H3,(H2,10,11). The van der Waals surface area contributed by atoms with E-state index in [0.717, 1.165) is 12.8 Å². The molecule has 5 heteroatoms. The average molecular weight is 195 g/mol. The zero-order chi connectivity index (χ0) is 10.1. The Morgan fingerprint density at radius 1 is 1.79 bits per heavy atom. The summed E-state index contributed by atoms with van der Waals surface area (Å²) in [7, 11) is 0. The molecule has 1 aromatic heterocycles. The van der Waals surface area contributed by atoms with E-state index in [1.807, 2.05) is 0 Å². The fourth-order valence-corrected chi connectivity index (χ4v) is 1.30. The summed E-state index contributed by atoms with van der Waals surface area (Å²) in [4.78, 5) is 11.4. The van der Waals surface area contributed by atoms with Crippen LogP contribution in [0.3, 0.4) is 0 Å². The highest BCUT2D eigenvalue weighted by atomic mass is 16.5. The maximum Gasteiger partial charge on any atom is 0.343 e. The molecule has 76 valence electrons. The molecule has 0 spiro atoms. The number of nitrogen functional groups attached to an aromatic ring is 1. The number of nitrogens with zero attached hydrogens (tertiary/aromatic N) is 2. The second-order valence-electron chi connectivity index (χ2n) is 3.36. The van der Waals surface area contributed by atoms with Crippen molar-refractivity contribution in [1.29, 1.82) is 0 Å². The summed E-state index contributed by atoms with van der Waals surface area (Å²) in [6.07, 6.45) is 3.90. The van der Waals surface area contributed by atoms with Crippen LogP contribution < -0.4 is 5.73 Å². The minimum absolute atomic E-state index is 0.260. The Bertz CT molecular complexity index is 355. The van der Waals surface area contributed by atoms with Crippen molar-refractivity contribution in [2.45, 2.75) is 25.8 Å². The molecule has 1 heterocycles. The molecule has 1 aliphatic carbocycles. The average Bonchev–Trinajstić information content (AvgIpc) is 2.91. The molecule has 2 N–H and O–H groups in total. The van der Waals surface area contributed by atoms with Crippen LogP contribution in [0.4, 0.5) is 5.82 Å². The van der Waals surface area contributed by atoms with Gasteiger partial charge in [-0.1, -0.05) is 0 Å². The minimum Gasteiger partial charge on any atom is -0.462 e. The molecule has 0 atom stereocenters. The van der Waals surface area contributed by atoms with Crippen LogP contribution >= 0.6 is 0 Å². The van der Waals surface area contributed by atoms with Crippen molar-refractivity contribution >= 4 is 11.8 Å². The Balaban J connectivity index is 2.19. The lowest BCUT2D eigenvalue weighted by molar-refractivity contribution is 0.0527. The van der Waals surface area contributed by atoms with Gasteiger partial charge >= 0.3 is 5.97 Å². The highest BCUT2D eigenvalue weighted by Crippen LogP contribution is 2.34. The molecular formula is C9H13N3O2. The van der Waals surface area contributed by atoms with Gasteiger partial charge in [0.05, 0.1) is 12.6 Å². The number of nitrogens with two attached hydrogens (primary N) is 1. The molecule has 1 aliphatic rings.